The van der Waals surface area contributed by atoms with Crippen LogP contribution < -0.4 is 31.6 Å². The standard InChI is InChI=1S/C6H11IN6/c7-13-12-6-2-4(10-8)1-5(3-6)11-9/h1-3,10-13H,8-9H2. The Morgan fingerprint density at radius 1 is 0.923 bits per heavy atom. The predicted octanol–water partition coefficient (Wildman–Crippen LogP) is 0.524. The number of halogens is 1. The van der Waals surface area contributed by atoms with Crippen LogP contribution in [0.4, 0.5) is 17.1 Å². The molecule has 1 aromatic rings. The lowest BCUT2D eigenvalue weighted by Gasteiger charge is -2.09. The second kappa shape index (κ2) is 5.07. The summed E-state index contributed by atoms with van der Waals surface area (Å²) in [5.74, 6) is 10.5. The van der Waals surface area contributed by atoms with Gasteiger partial charge < -0.3 is 16.3 Å². The largest absolute Gasteiger partial charge is 0.324 e. The number of nitrogen functional groups attached to an aromatic ring is 2. The molecule has 8 N–H and O–H groups in total. The molecule has 0 amide bonds. The highest BCUT2D eigenvalue weighted by Crippen LogP contribution is 2.20. The molecule has 0 aliphatic carbocycles. The lowest BCUT2D eigenvalue weighted by Crippen LogP contribution is -2.13. The van der Waals surface area contributed by atoms with E-state index in [1.165, 1.54) is 0 Å². The molecule has 1 aromatic carbocycles. The van der Waals surface area contributed by atoms with Crippen molar-refractivity contribution in [2.75, 3.05) is 16.3 Å². The molecule has 72 valence electrons. The topological polar surface area (TPSA) is 100 Å². The van der Waals surface area contributed by atoms with Crippen LogP contribution in [0.5, 0.6) is 0 Å². The molecule has 0 aliphatic rings. The monoisotopic (exact) mass is 294 g/mol. The van der Waals surface area contributed by atoms with E-state index in [-0.39, 0.29) is 0 Å². The normalized spacial score (nSPS) is 9.46. The van der Waals surface area contributed by atoms with Crippen LogP contribution in [0.2, 0.25) is 0 Å². The Kier molecular flexibility index (Phi) is 4.02. The van der Waals surface area contributed by atoms with Crippen LogP contribution in [-0.2, 0) is 0 Å². The molecule has 0 saturated heterocycles. The summed E-state index contributed by atoms with van der Waals surface area (Å²) < 4.78 is 2.77. The van der Waals surface area contributed by atoms with Gasteiger partial charge in [-0.3, -0.25) is 11.7 Å². The molecule has 13 heavy (non-hydrogen) atoms. The Bertz CT molecular complexity index is 256. The summed E-state index contributed by atoms with van der Waals surface area (Å²) in [6.07, 6.45) is 0. The van der Waals surface area contributed by atoms with Gasteiger partial charge in [-0.15, -0.1) is 0 Å². The quantitative estimate of drug-likeness (QED) is 0.210. The molecule has 0 radical (unpaired) electrons. The maximum absolute atomic E-state index is 5.27. The van der Waals surface area contributed by atoms with E-state index in [9.17, 15) is 0 Å². The van der Waals surface area contributed by atoms with E-state index in [0.29, 0.717) is 0 Å². The van der Waals surface area contributed by atoms with Crippen LogP contribution in [0, 0.1) is 0 Å². The molecule has 0 spiro atoms. The summed E-state index contributed by atoms with van der Waals surface area (Å²) in [5.41, 5.74) is 10.4. The van der Waals surface area contributed by atoms with Gasteiger partial charge in [-0.25, -0.2) is 0 Å². The molecule has 1 rings (SSSR count). The maximum Gasteiger partial charge on any atom is 0.0537 e. The molecule has 0 unspecified atom stereocenters. The Morgan fingerprint density at radius 2 is 1.38 bits per heavy atom. The van der Waals surface area contributed by atoms with Gasteiger partial charge in [-0.05, 0) is 18.2 Å². The molecule has 0 aliphatic heterocycles. The average molecular weight is 294 g/mol. The molecule has 0 bridgehead atoms. The van der Waals surface area contributed by atoms with Crippen molar-refractivity contribution in [3.8, 4) is 0 Å². The van der Waals surface area contributed by atoms with Gasteiger partial charge in [0.05, 0.1) is 17.1 Å². The second-order valence-electron chi connectivity index (χ2n) is 2.31. The Labute approximate surface area is 89.8 Å². The van der Waals surface area contributed by atoms with E-state index >= 15 is 0 Å². The van der Waals surface area contributed by atoms with Crippen LogP contribution in [-0.4, -0.2) is 0 Å². The summed E-state index contributed by atoms with van der Waals surface area (Å²) in [6.45, 7) is 0. The first-order valence-electron chi connectivity index (χ1n) is 3.50. The van der Waals surface area contributed by atoms with E-state index in [1.807, 2.05) is 35.0 Å². The van der Waals surface area contributed by atoms with Crippen LogP contribution in [0.15, 0.2) is 18.2 Å². The molecule has 0 heterocycles. The van der Waals surface area contributed by atoms with Gasteiger partial charge in [0.1, 0.15) is 0 Å². The van der Waals surface area contributed by atoms with Gasteiger partial charge in [-0.1, -0.05) is 0 Å². The number of anilines is 3. The lowest BCUT2D eigenvalue weighted by atomic mass is 10.2. The minimum absolute atomic E-state index is 0.768. The first kappa shape index (κ1) is 10.3. The highest BCUT2D eigenvalue weighted by atomic mass is 127. The Hall–Kier alpha value is -0.770. The van der Waals surface area contributed by atoms with Crippen LogP contribution in [0.1, 0.15) is 0 Å². The average Bonchev–Trinajstić information content (AvgIpc) is 2.17. The third-order valence-electron chi connectivity index (χ3n) is 1.46. The summed E-state index contributed by atoms with van der Waals surface area (Å²) in [5, 5.41) is 0. The maximum atomic E-state index is 5.27. The van der Waals surface area contributed by atoms with E-state index in [4.69, 9.17) is 11.7 Å². The molecule has 0 fully saturated rings. The van der Waals surface area contributed by atoms with Gasteiger partial charge >= 0.3 is 0 Å². The molecule has 7 heteroatoms. The van der Waals surface area contributed by atoms with Crippen LogP contribution in [0.3, 0.4) is 0 Å². The van der Waals surface area contributed by atoms with Crippen molar-refractivity contribution in [1.82, 2.24) is 3.64 Å². The zero-order chi connectivity index (χ0) is 9.68. The highest BCUT2D eigenvalue weighted by Gasteiger charge is 1.97. The fourth-order valence-electron chi connectivity index (χ4n) is 0.921. The van der Waals surface area contributed by atoms with Gasteiger partial charge in [0.15, 0.2) is 0 Å². The summed E-state index contributed by atoms with van der Waals surface area (Å²) in [4.78, 5) is 0. The SMILES string of the molecule is NNc1cc(NN)cc(NNI)c1. The highest BCUT2D eigenvalue weighted by molar-refractivity contribution is 14.1. The molecule has 0 saturated carbocycles. The number of rotatable bonds is 4. The zero-order valence-electron chi connectivity index (χ0n) is 6.76. The molecule has 0 atom stereocenters. The fourth-order valence-corrected chi connectivity index (χ4v) is 1.23. The van der Waals surface area contributed by atoms with Crippen molar-refractivity contribution < 1.29 is 0 Å². The summed E-state index contributed by atoms with van der Waals surface area (Å²) in [6, 6.07) is 5.47. The number of nitrogens with two attached hydrogens (primary N) is 2. The third kappa shape index (κ3) is 2.88. The van der Waals surface area contributed by atoms with E-state index in [0.717, 1.165) is 17.1 Å². The minimum atomic E-state index is 0.768. The van der Waals surface area contributed by atoms with E-state index in [1.54, 1.807) is 6.07 Å². The van der Waals surface area contributed by atoms with Gasteiger partial charge in [-0.2, -0.15) is 3.64 Å². The molecular formula is C6H11IN6. The second-order valence-corrected chi connectivity index (χ2v) is 2.85. The Balaban J connectivity index is 2.93. The number of hydrazine groups is 3. The molecular weight excluding hydrogens is 283 g/mol. The summed E-state index contributed by atoms with van der Waals surface area (Å²) in [7, 11) is 0. The smallest absolute Gasteiger partial charge is 0.0537 e. The van der Waals surface area contributed by atoms with Crippen molar-refractivity contribution >= 4 is 39.9 Å². The number of hydrogen-bond acceptors (Lipinski definition) is 6. The van der Waals surface area contributed by atoms with Gasteiger partial charge in [0.25, 0.3) is 0 Å². The first-order valence-corrected chi connectivity index (χ1v) is 4.58. The fraction of sp³-hybridized carbons (Fsp3) is 0. The number of hydrogen-bond donors (Lipinski definition) is 6. The molecule has 6 nitrogen and oxygen atoms in total. The zero-order valence-corrected chi connectivity index (χ0v) is 8.92. The predicted molar refractivity (Wildman–Crippen MR) is 62.8 cm³/mol. The van der Waals surface area contributed by atoms with Crippen LogP contribution >= 0.6 is 22.9 Å². The number of nitrogens with one attached hydrogen (secondary N) is 4. The van der Waals surface area contributed by atoms with Crippen molar-refractivity contribution in [2.24, 2.45) is 11.7 Å². The van der Waals surface area contributed by atoms with Crippen molar-refractivity contribution in [3.63, 3.8) is 0 Å². The van der Waals surface area contributed by atoms with Crippen molar-refractivity contribution in [3.05, 3.63) is 18.2 Å². The summed E-state index contributed by atoms with van der Waals surface area (Å²) >= 11 is 1.97. The minimum Gasteiger partial charge on any atom is -0.324 e. The van der Waals surface area contributed by atoms with Crippen LogP contribution in [0.25, 0.3) is 0 Å². The van der Waals surface area contributed by atoms with Gasteiger partial charge in [0.2, 0.25) is 0 Å². The molecule has 0 aromatic heterocycles. The van der Waals surface area contributed by atoms with Gasteiger partial charge in [0, 0.05) is 22.9 Å². The van der Waals surface area contributed by atoms with E-state index < -0.39 is 0 Å². The van der Waals surface area contributed by atoms with Crippen molar-refractivity contribution in [2.45, 2.75) is 0 Å². The first-order chi connectivity index (χ1) is 6.30. The third-order valence-corrected chi connectivity index (χ3v) is 1.73. The van der Waals surface area contributed by atoms with E-state index in [2.05, 4.69) is 19.9 Å². The van der Waals surface area contributed by atoms with Crippen molar-refractivity contribution in [1.29, 1.82) is 0 Å². The Morgan fingerprint density at radius 3 is 1.77 bits per heavy atom. The number of benzene rings is 1. The lowest BCUT2D eigenvalue weighted by molar-refractivity contribution is 1.25.